The second-order valence-corrected chi connectivity index (χ2v) is 5.33. The van der Waals surface area contributed by atoms with E-state index in [1.54, 1.807) is 13.8 Å². The molecule has 1 atom stereocenters. The fraction of sp³-hybridized carbons (Fsp3) is 0.429. The highest BCUT2D eigenvalue weighted by atomic mass is 16.2. The largest absolute Gasteiger partial charge is 0.385 e. The van der Waals surface area contributed by atoms with Gasteiger partial charge in [-0.15, -0.1) is 0 Å². The molecule has 2 amide bonds. The molecule has 102 valence electrons. The minimum atomic E-state index is -1.03. The number of anilines is 1. The average Bonchev–Trinajstić information content (AvgIpc) is 2.37. The van der Waals surface area contributed by atoms with Crippen molar-refractivity contribution >= 4 is 17.5 Å². The van der Waals surface area contributed by atoms with Gasteiger partial charge >= 0.3 is 0 Å². The Morgan fingerprint density at radius 1 is 1.37 bits per heavy atom. The highest BCUT2D eigenvalue weighted by Crippen LogP contribution is 2.31. The van der Waals surface area contributed by atoms with Crippen LogP contribution in [0.1, 0.15) is 31.7 Å². The van der Waals surface area contributed by atoms with Gasteiger partial charge in [0.25, 0.3) is 0 Å². The van der Waals surface area contributed by atoms with Crippen molar-refractivity contribution in [2.45, 2.75) is 31.7 Å². The summed E-state index contributed by atoms with van der Waals surface area (Å²) < 4.78 is 0. The molecule has 4 N–H and O–H groups in total. The van der Waals surface area contributed by atoms with E-state index in [2.05, 4.69) is 10.6 Å². The van der Waals surface area contributed by atoms with Crippen molar-refractivity contribution in [3.05, 3.63) is 29.8 Å². The summed E-state index contributed by atoms with van der Waals surface area (Å²) >= 11 is 0. The van der Waals surface area contributed by atoms with Gasteiger partial charge in [-0.25, -0.2) is 0 Å². The summed E-state index contributed by atoms with van der Waals surface area (Å²) in [6, 6.07) is 7.72. The molecular weight excluding hydrogens is 242 g/mol. The normalized spacial score (nSPS) is 18.1. The van der Waals surface area contributed by atoms with E-state index in [-0.39, 0.29) is 11.8 Å². The van der Waals surface area contributed by atoms with Gasteiger partial charge in [-0.2, -0.15) is 0 Å². The van der Waals surface area contributed by atoms with Crippen molar-refractivity contribution in [1.82, 2.24) is 5.32 Å². The zero-order valence-corrected chi connectivity index (χ0v) is 11.2. The van der Waals surface area contributed by atoms with Gasteiger partial charge in [0.15, 0.2) is 0 Å². The van der Waals surface area contributed by atoms with E-state index in [0.29, 0.717) is 6.42 Å². The molecule has 0 spiro atoms. The Bertz CT molecular complexity index is 511. The third-order valence-electron chi connectivity index (χ3n) is 3.45. The second kappa shape index (κ2) is 4.91. The Morgan fingerprint density at radius 3 is 2.74 bits per heavy atom. The first-order valence-corrected chi connectivity index (χ1v) is 6.36. The van der Waals surface area contributed by atoms with Gasteiger partial charge in [0.1, 0.15) is 5.54 Å². The molecule has 0 saturated carbocycles. The van der Waals surface area contributed by atoms with Crippen LogP contribution in [0.15, 0.2) is 24.3 Å². The van der Waals surface area contributed by atoms with Crippen molar-refractivity contribution in [3.8, 4) is 0 Å². The number of benzene rings is 1. The number of nitrogens with two attached hydrogens (primary N) is 1. The van der Waals surface area contributed by atoms with Crippen LogP contribution in [0.3, 0.4) is 0 Å². The summed E-state index contributed by atoms with van der Waals surface area (Å²) in [6.45, 7) is 3.96. The Labute approximate surface area is 112 Å². The smallest absolute Gasteiger partial charge is 0.242 e. The van der Waals surface area contributed by atoms with Crippen LogP contribution in [0.5, 0.6) is 0 Å². The predicted octanol–water partition coefficient (Wildman–Crippen LogP) is 0.966. The molecule has 1 aliphatic rings. The summed E-state index contributed by atoms with van der Waals surface area (Å²) in [7, 11) is 0. The number of nitrogens with one attached hydrogen (secondary N) is 2. The second-order valence-electron chi connectivity index (χ2n) is 5.33. The first kappa shape index (κ1) is 13.4. The van der Waals surface area contributed by atoms with Crippen molar-refractivity contribution < 1.29 is 9.59 Å². The van der Waals surface area contributed by atoms with Crippen LogP contribution < -0.4 is 16.4 Å². The SMILES string of the molecule is CC(C)(NC(=O)C1CCNc2ccccc21)C(N)=O. The van der Waals surface area contributed by atoms with Crippen molar-refractivity contribution in [1.29, 1.82) is 0 Å². The molecule has 0 aromatic heterocycles. The Balaban J connectivity index is 2.20. The number of rotatable bonds is 3. The standard InChI is InChI=1S/C14H19N3O2/c1-14(2,13(15)19)17-12(18)10-7-8-16-11-6-4-3-5-9(10)11/h3-6,10,16H,7-8H2,1-2H3,(H2,15,19)(H,17,18). The molecule has 1 unspecified atom stereocenters. The molecule has 0 radical (unpaired) electrons. The molecule has 1 aliphatic heterocycles. The van der Waals surface area contributed by atoms with Crippen LogP contribution in [-0.2, 0) is 9.59 Å². The van der Waals surface area contributed by atoms with Gasteiger partial charge in [-0.3, -0.25) is 9.59 Å². The Hall–Kier alpha value is -2.04. The molecule has 5 nitrogen and oxygen atoms in total. The van der Waals surface area contributed by atoms with Crippen molar-refractivity contribution in [3.63, 3.8) is 0 Å². The highest BCUT2D eigenvalue weighted by molar-refractivity contribution is 5.93. The molecular formula is C14H19N3O2. The van der Waals surface area contributed by atoms with Crippen LogP contribution in [0.25, 0.3) is 0 Å². The van der Waals surface area contributed by atoms with Crippen LogP contribution in [0.2, 0.25) is 0 Å². The number of carbonyl (C=O) groups excluding carboxylic acids is 2. The summed E-state index contributed by atoms with van der Waals surface area (Å²) in [5.74, 6) is -0.933. The molecule has 19 heavy (non-hydrogen) atoms. The number of carbonyl (C=O) groups is 2. The van der Waals surface area contributed by atoms with E-state index in [1.165, 1.54) is 0 Å². The Morgan fingerprint density at radius 2 is 2.05 bits per heavy atom. The van der Waals surface area contributed by atoms with Crippen LogP contribution in [-0.4, -0.2) is 23.9 Å². The van der Waals surface area contributed by atoms with Gasteiger partial charge in [0.05, 0.1) is 5.92 Å². The van der Waals surface area contributed by atoms with Gasteiger partial charge < -0.3 is 16.4 Å². The van der Waals surface area contributed by atoms with Crippen molar-refractivity contribution in [2.24, 2.45) is 5.73 Å². The van der Waals surface area contributed by atoms with Crippen LogP contribution >= 0.6 is 0 Å². The lowest BCUT2D eigenvalue weighted by Crippen LogP contribution is -2.54. The quantitative estimate of drug-likeness (QED) is 0.758. The molecule has 0 bridgehead atoms. The van der Waals surface area contributed by atoms with E-state index in [1.807, 2.05) is 24.3 Å². The lowest BCUT2D eigenvalue weighted by Gasteiger charge is -2.29. The maximum atomic E-state index is 12.3. The maximum absolute atomic E-state index is 12.3. The summed E-state index contributed by atoms with van der Waals surface area (Å²) in [6.07, 6.45) is 0.706. The molecule has 0 aliphatic carbocycles. The third-order valence-corrected chi connectivity index (χ3v) is 3.45. The maximum Gasteiger partial charge on any atom is 0.242 e. The minimum absolute atomic E-state index is 0.155. The number of hydrogen-bond acceptors (Lipinski definition) is 3. The first-order valence-electron chi connectivity index (χ1n) is 6.36. The van der Waals surface area contributed by atoms with E-state index in [9.17, 15) is 9.59 Å². The van der Waals surface area contributed by atoms with E-state index >= 15 is 0 Å². The molecule has 0 saturated heterocycles. The lowest BCUT2D eigenvalue weighted by atomic mass is 9.89. The zero-order valence-electron chi connectivity index (χ0n) is 11.2. The van der Waals surface area contributed by atoms with Gasteiger partial charge in [0, 0.05) is 12.2 Å². The Kier molecular flexibility index (Phi) is 3.46. The third kappa shape index (κ3) is 2.70. The lowest BCUT2D eigenvalue weighted by molar-refractivity contribution is -0.131. The van der Waals surface area contributed by atoms with Crippen LogP contribution in [0.4, 0.5) is 5.69 Å². The predicted molar refractivity (Wildman–Crippen MR) is 73.7 cm³/mol. The average molecular weight is 261 g/mol. The van der Waals surface area contributed by atoms with E-state index < -0.39 is 11.4 Å². The molecule has 0 fully saturated rings. The fourth-order valence-electron chi connectivity index (χ4n) is 2.20. The zero-order chi connectivity index (χ0) is 14.0. The number of primary amides is 1. The van der Waals surface area contributed by atoms with E-state index in [0.717, 1.165) is 17.8 Å². The summed E-state index contributed by atoms with van der Waals surface area (Å²) in [5, 5.41) is 5.99. The summed E-state index contributed by atoms with van der Waals surface area (Å²) in [5.41, 5.74) is 6.19. The van der Waals surface area contributed by atoms with Crippen LogP contribution in [0, 0.1) is 0 Å². The molecule has 5 heteroatoms. The number of hydrogen-bond donors (Lipinski definition) is 3. The van der Waals surface area contributed by atoms with E-state index in [4.69, 9.17) is 5.73 Å². The molecule has 2 rings (SSSR count). The van der Waals surface area contributed by atoms with Gasteiger partial charge in [-0.1, -0.05) is 18.2 Å². The first-order chi connectivity index (χ1) is 8.92. The number of amides is 2. The molecule has 1 heterocycles. The topological polar surface area (TPSA) is 84.2 Å². The highest BCUT2D eigenvalue weighted by Gasteiger charge is 2.32. The summed E-state index contributed by atoms with van der Waals surface area (Å²) in [4.78, 5) is 23.6. The molecule has 1 aromatic rings. The van der Waals surface area contributed by atoms with Gasteiger partial charge in [-0.05, 0) is 31.9 Å². The van der Waals surface area contributed by atoms with Crippen molar-refractivity contribution in [2.75, 3.05) is 11.9 Å². The fourth-order valence-corrected chi connectivity index (χ4v) is 2.20. The monoisotopic (exact) mass is 261 g/mol. The number of fused-ring (bicyclic) bond motifs is 1. The minimum Gasteiger partial charge on any atom is -0.385 e. The number of para-hydroxylation sites is 1. The van der Waals surface area contributed by atoms with Gasteiger partial charge in [0.2, 0.25) is 11.8 Å². The molecule has 1 aromatic carbocycles.